The molecule has 3 aromatic heterocycles. The summed E-state index contributed by atoms with van der Waals surface area (Å²) in [6.07, 6.45) is 4.90. The number of hydrogen-bond donors (Lipinski definition) is 1. The molecule has 0 saturated heterocycles. The number of aryl methyl sites for hydroxylation is 2. The summed E-state index contributed by atoms with van der Waals surface area (Å²) >= 11 is 5.94. The third-order valence-corrected chi connectivity index (χ3v) is 4.27. The molecule has 0 fully saturated rings. The minimum atomic E-state index is -0.322. The van der Waals surface area contributed by atoms with E-state index in [4.69, 9.17) is 11.6 Å². The van der Waals surface area contributed by atoms with Gasteiger partial charge in [-0.05, 0) is 18.6 Å². The van der Waals surface area contributed by atoms with Crippen molar-refractivity contribution in [3.05, 3.63) is 65.2 Å². The molecule has 8 heteroatoms. The van der Waals surface area contributed by atoms with E-state index in [0.717, 1.165) is 11.1 Å². The van der Waals surface area contributed by atoms with Crippen LogP contribution in [0.5, 0.6) is 0 Å². The number of aromatic nitrogens is 5. The zero-order valence-corrected chi connectivity index (χ0v) is 14.9. The molecule has 0 atom stereocenters. The number of amides is 1. The van der Waals surface area contributed by atoms with Gasteiger partial charge in [0.05, 0.1) is 11.9 Å². The average Bonchev–Trinajstić information content (AvgIpc) is 3.18. The van der Waals surface area contributed by atoms with E-state index in [0.29, 0.717) is 27.7 Å². The highest BCUT2D eigenvalue weighted by atomic mass is 35.5. The molecule has 7 nitrogen and oxygen atoms in total. The second-order valence-electron chi connectivity index (χ2n) is 5.91. The van der Waals surface area contributed by atoms with Gasteiger partial charge in [0.1, 0.15) is 16.4 Å². The molecule has 3 heterocycles. The van der Waals surface area contributed by atoms with E-state index >= 15 is 0 Å². The lowest BCUT2D eigenvalue weighted by molar-refractivity contribution is 0.102. The van der Waals surface area contributed by atoms with E-state index in [1.807, 2.05) is 38.2 Å². The molecule has 4 rings (SSSR count). The molecule has 1 amide bonds. The van der Waals surface area contributed by atoms with Gasteiger partial charge in [-0.3, -0.25) is 9.48 Å². The molecule has 26 heavy (non-hydrogen) atoms. The zero-order chi connectivity index (χ0) is 18.3. The van der Waals surface area contributed by atoms with Crippen LogP contribution >= 0.6 is 11.6 Å². The molecular formula is C18H15ClN6O. The van der Waals surface area contributed by atoms with Crippen LogP contribution in [0, 0.1) is 6.92 Å². The van der Waals surface area contributed by atoms with Crippen LogP contribution < -0.4 is 5.32 Å². The van der Waals surface area contributed by atoms with Crippen molar-refractivity contribution in [3.8, 4) is 11.3 Å². The van der Waals surface area contributed by atoms with Crippen LogP contribution in [0.4, 0.5) is 5.69 Å². The number of halogens is 1. The summed E-state index contributed by atoms with van der Waals surface area (Å²) in [4.78, 5) is 17.0. The van der Waals surface area contributed by atoms with Crippen LogP contribution in [0.3, 0.4) is 0 Å². The molecule has 0 spiro atoms. The van der Waals surface area contributed by atoms with Gasteiger partial charge in [0.2, 0.25) is 0 Å². The smallest absolute Gasteiger partial charge is 0.261 e. The standard InChI is InChI=1S/C18H15ClN6O/c1-11-5-3-4-6-12(11)16-14(10-24(2)23-16)21-18(26)13-9-20-25-8-7-15(19)22-17(13)25/h3-10H,1-2H3,(H,21,26). The normalized spacial score (nSPS) is 11.0. The van der Waals surface area contributed by atoms with Crippen molar-refractivity contribution in [2.24, 2.45) is 7.05 Å². The van der Waals surface area contributed by atoms with Gasteiger partial charge in [0, 0.05) is 25.0 Å². The third-order valence-electron chi connectivity index (χ3n) is 4.06. The van der Waals surface area contributed by atoms with Gasteiger partial charge in [0.15, 0.2) is 5.65 Å². The summed E-state index contributed by atoms with van der Waals surface area (Å²) in [6.45, 7) is 2.01. The Morgan fingerprint density at radius 3 is 2.85 bits per heavy atom. The van der Waals surface area contributed by atoms with Crippen LogP contribution in [0.25, 0.3) is 16.9 Å². The molecule has 0 saturated carbocycles. The minimum Gasteiger partial charge on any atom is -0.319 e. The van der Waals surface area contributed by atoms with Crippen molar-refractivity contribution in [2.45, 2.75) is 6.92 Å². The number of anilines is 1. The van der Waals surface area contributed by atoms with Gasteiger partial charge in [-0.2, -0.15) is 10.2 Å². The van der Waals surface area contributed by atoms with Gasteiger partial charge < -0.3 is 5.32 Å². The quantitative estimate of drug-likeness (QED) is 0.564. The van der Waals surface area contributed by atoms with Crippen molar-refractivity contribution in [2.75, 3.05) is 5.32 Å². The summed E-state index contributed by atoms with van der Waals surface area (Å²) in [5.74, 6) is -0.322. The molecule has 4 aromatic rings. The van der Waals surface area contributed by atoms with Crippen molar-refractivity contribution in [3.63, 3.8) is 0 Å². The van der Waals surface area contributed by atoms with Crippen LogP contribution in [-0.2, 0) is 7.05 Å². The molecule has 0 aliphatic heterocycles. The van der Waals surface area contributed by atoms with Gasteiger partial charge in [-0.15, -0.1) is 0 Å². The van der Waals surface area contributed by atoms with E-state index in [1.54, 1.807) is 23.1 Å². The van der Waals surface area contributed by atoms with Gasteiger partial charge in [-0.25, -0.2) is 9.50 Å². The van der Waals surface area contributed by atoms with E-state index in [9.17, 15) is 4.79 Å². The Labute approximate surface area is 154 Å². The highest BCUT2D eigenvalue weighted by molar-refractivity contribution is 6.29. The van der Waals surface area contributed by atoms with E-state index in [2.05, 4.69) is 20.5 Å². The number of rotatable bonds is 3. The number of carbonyl (C=O) groups is 1. The van der Waals surface area contributed by atoms with Crippen molar-refractivity contribution < 1.29 is 4.79 Å². The first-order valence-electron chi connectivity index (χ1n) is 7.94. The maximum Gasteiger partial charge on any atom is 0.261 e. The highest BCUT2D eigenvalue weighted by Crippen LogP contribution is 2.29. The third kappa shape index (κ3) is 2.82. The van der Waals surface area contributed by atoms with Crippen molar-refractivity contribution in [1.82, 2.24) is 24.4 Å². The van der Waals surface area contributed by atoms with Crippen LogP contribution in [0.2, 0.25) is 5.15 Å². The molecule has 0 bridgehead atoms. The second-order valence-corrected chi connectivity index (χ2v) is 6.30. The Kier molecular flexibility index (Phi) is 3.93. The summed E-state index contributed by atoms with van der Waals surface area (Å²) in [7, 11) is 1.81. The van der Waals surface area contributed by atoms with Gasteiger partial charge >= 0.3 is 0 Å². The lowest BCUT2D eigenvalue weighted by Gasteiger charge is -2.07. The first kappa shape index (κ1) is 16.3. The molecule has 0 aliphatic rings. The lowest BCUT2D eigenvalue weighted by atomic mass is 10.1. The Morgan fingerprint density at radius 1 is 1.23 bits per heavy atom. The molecule has 0 unspecified atom stereocenters. The fourth-order valence-electron chi connectivity index (χ4n) is 2.81. The number of fused-ring (bicyclic) bond motifs is 1. The monoisotopic (exact) mass is 366 g/mol. The maximum atomic E-state index is 12.8. The average molecular weight is 367 g/mol. The number of benzene rings is 1. The Balaban J connectivity index is 1.72. The molecule has 130 valence electrons. The fourth-order valence-corrected chi connectivity index (χ4v) is 2.95. The van der Waals surface area contributed by atoms with Crippen molar-refractivity contribution in [1.29, 1.82) is 0 Å². The van der Waals surface area contributed by atoms with E-state index < -0.39 is 0 Å². The van der Waals surface area contributed by atoms with Crippen LogP contribution in [0.15, 0.2) is 48.9 Å². The maximum absolute atomic E-state index is 12.8. The SMILES string of the molecule is Cc1ccccc1-c1nn(C)cc1NC(=O)c1cnn2ccc(Cl)nc12. The first-order chi connectivity index (χ1) is 12.5. The Hall–Kier alpha value is -3.19. The predicted octanol–water partition coefficient (Wildman–Crippen LogP) is 3.34. The summed E-state index contributed by atoms with van der Waals surface area (Å²) in [6, 6.07) is 9.51. The fraction of sp³-hybridized carbons (Fsp3) is 0.111. The van der Waals surface area contributed by atoms with Crippen LogP contribution in [-0.4, -0.2) is 30.3 Å². The Bertz CT molecular complexity index is 1130. The zero-order valence-electron chi connectivity index (χ0n) is 14.1. The van der Waals surface area contributed by atoms with Crippen LogP contribution in [0.1, 0.15) is 15.9 Å². The molecule has 1 aromatic carbocycles. The number of carbonyl (C=O) groups excluding carboxylic acids is 1. The van der Waals surface area contributed by atoms with E-state index in [1.165, 1.54) is 10.7 Å². The predicted molar refractivity (Wildman–Crippen MR) is 99.3 cm³/mol. The second kappa shape index (κ2) is 6.27. The number of hydrogen-bond acceptors (Lipinski definition) is 4. The number of nitrogens with one attached hydrogen (secondary N) is 1. The van der Waals surface area contributed by atoms with E-state index in [-0.39, 0.29) is 5.91 Å². The summed E-state index contributed by atoms with van der Waals surface area (Å²) in [5, 5.41) is 11.8. The first-order valence-corrected chi connectivity index (χ1v) is 8.31. The number of nitrogens with zero attached hydrogens (tertiary/aromatic N) is 5. The summed E-state index contributed by atoms with van der Waals surface area (Å²) in [5.41, 5.74) is 4.11. The highest BCUT2D eigenvalue weighted by Gasteiger charge is 2.19. The van der Waals surface area contributed by atoms with Gasteiger partial charge in [0.25, 0.3) is 5.91 Å². The van der Waals surface area contributed by atoms with Crippen molar-refractivity contribution >= 4 is 28.8 Å². The molecule has 0 aliphatic carbocycles. The topological polar surface area (TPSA) is 77.1 Å². The molecule has 0 radical (unpaired) electrons. The molecule has 1 N–H and O–H groups in total. The lowest BCUT2D eigenvalue weighted by Crippen LogP contribution is -2.12. The van der Waals surface area contributed by atoms with Gasteiger partial charge in [-0.1, -0.05) is 35.9 Å². The largest absolute Gasteiger partial charge is 0.319 e. The Morgan fingerprint density at radius 2 is 2.04 bits per heavy atom. The minimum absolute atomic E-state index is 0.300. The summed E-state index contributed by atoms with van der Waals surface area (Å²) < 4.78 is 3.18. The molecular weight excluding hydrogens is 352 g/mol.